The molecule has 39 heavy (non-hydrogen) atoms. The first-order valence-corrected chi connectivity index (χ1v) is 13.4. The highest BCUT2D eigenvalue weighted by molar-refractivity contribution is 8.00. The summed E-state index contributed by atoms with van der Waals surface area (Å²) in [5.41, 5.74) is 4.56. The van der Waals surface area contributed by atoms with Crippen LogP contribution in [0.3, 0.4) is 0 Å². The van der Waals surface area contributed by atoms with Crippen molar-refractivity contribution in [2.45, 2.75) is 18.9 Å². The van der Waals surface area contributed by atoms with Gasteiger partial charge in [0, 0.05) is 16.8 Å². The van der Waals surface area contributed by atoms with Crippen molar-refractivity contribution in [3.05, 3.63) is 96.1 Å². The Morgan fingerprint density at radius 2 is 1.64 bits per heavy atom. The highest BCUT2D eigenvalue weighted by atomic mass is 32.2. The molecular formula is C31H27N3O4S. The number of anilines is 1. The Hall–Kier alpha value is -4.61. The molecule has 0 saturated carbocycles. The molecule has 0 bridgehead atoms. The molecule has 0 radical (unpaired) electrons. The Balaban J connectivity index is 1.58. The maximum Gasteiger partial charge on any atom is 0.338 e. The van der Waals surface area contributed by atoms with Crippen molar-refractivity contribution in [2.24, 2.45) is 0 Å². The van der Waals surface area contributed by atoms with E-state index in [-0.39, 0.29) is 11.7 Å². The molecule has 7 nitrogen and oxygen atoms in total. The molecule has 0 aliphatic heterocycles. The smallest absolute Gasteiger partial charge is 0.338 e. The molecule has 1 aromatic heterocycles. The summed E-state index contributed by atoms with van der Waals surface area (Å²) in [5, 5.41) is 13.4. The fourth-order valence-electron chi connectivity index (χ4n) is 3.85. The second-order valence-electron chi connectivity index (χ2n) is 8.31. The second-order valence-corrected chi connectivity index (χ2v) is 9.27. The zero-order chi connectivity index (χ0) is 27.6. The minimum atomic E-state index is -0.414. The van der Waals surface area contributed by atoms with E-state index in [9.17, 15) is 14.9 Å². The number of carbonyl (C=O) groups excluding carboxylic acids is 2. The van der Waals surface area contributed by atoms with Gasteiger partial charge in [0.05, 0.1) is 35.8 Å². The van der Waals surface area contributed by atoms with Gasteiger partial charge in [-0.15, -0.1) is 0 Å². The Morgan fingerprint density at radius 3 is 2.28 bits per heavy atom. The van der Waals surface area contributed by atoms with Crippen molar-refractivity contribution in [2.75, 3.05) is 24.3 Å². The third-order valence-corrected chi connectivity index (χ3v) is 6.64. The fraction of sp³-hybridized carbons (Fsp3) is 0.161. The van der Waals surface area contributed by atoms with Gasteiger partial charge in [-0.05, 0) is 74.0 Å². The van der Waals surface area contributed by atoms with Crippen molar-refractivity contribution in [3.8, 4) is 34.2 Å². The summed E-state index contributed by atoms with van der Waals surface area (Å²) in [5.74, 6) is 0.132. The van der Waals surface area contributed by atoms with E-state index in [1.165, 1.54) is 11.8 Å². The number of benzene rings is 3. The van der Waals surface area contributed by atoms with Crippen molar-refractivity contribution in [1.29, 1.82) is 5.26 Å². The quantitative estimate of drug-likeness (QED) is 0.180. The van der Waals surface area contributed by atoms with Crippen LogP contribution in [-0.2, 0) is 9.53 Å². The molecule has 0 atom stereocenters. The van der Waals surface area contributed by atoms with Gasteiger partial charge in [0.25, 0.3) is 0 Å². The lowest BCUT2D eigenvalue weighted by Crippen LogP contribution is -2.14. The summed E-state index contributed by atoms with van der Waals surface area (Å²) >= 11 is 1.20. The Bertz CT molecular complexity index is 1480. The second kappa shape index (κ2) is 13.3. The van der Waals surface area contributed by atoms with Crippen LogP contribution in [0.15, 0.2) is 90.0 Å². The number of carbonyl (C=O) groups is 2. The minimum absolute atomic E-state index is 0.0439. The monoisotopic (exact) mass is 537 g/mol. The number of pyridine rings is 1. The number of nitriles is 1. The molecule has 196 valence electrons. The zero-order valence-corrected chi connectivity index (χ0v) is 22.5. The molecular weight excluding hydrogens is 510 g/mol. The molecule has 0 spiro atoms. The maximum atomic E-state index is 12.8. The number of nitrogens with one attached hydrogen (secondary N) is 1. The van der Waals surface area contributed by atoms with Gasteiger partial charge in [0.15, 0.2) is 0 Å². The number of ether oxygens (including phenoxy) is 2. The SMILES string of the molecule is CCOC(=O)c1ccc(NC(=O)CSc2nc(-c3ccc(OCC)cc3)cc(-c3ccccc3)c2C#N)cc1. The van der Waals surface area contributed by atoms with Gasteiger partial charge in [0.1, 0.15) is 16.8 Å². The predicted molar refractivity (Wildman–Crippen MR) is 153 cm³/mol. The molecule has 0 aliphatic rings. The van der Waals surface area contributed by atoms with Gasteiger partial charge in [-0.3, -0.25) is 4.79 Å². The lowest BCUT2D eigenvalue weighted by Gasteiger charge is -2.13. The molecule has 4 aromatic rings. The molecule has 0 unspecified atom stereocenters. The van der Waals surface area contributed by atoms with E-state index < -0.39 is 5.97 Å². The molecule has 0 saturated heterocycles. The molecule has 0 aliphatic carbocycles. The van der Waals surface area contributed by atoms with Crippen molar-refractivity contribution in [1.82, 2.24) is 4.98 Å². The lowest BCUT2D eigenvalue weighted by atomic mass is 9.99. The number of thioether (sulfide) groups is 1. The normalized spacial score (nSPS) is 10.4. The summed E-state index contributed by atoms with van der Waals surface area (Å²) in [6.45, 7) is 4.54. The van der Waals surface area contributed by atoms with E-state index in [4.69, 9.17) is 14.5 Å². The van der Waals surface area contributed by atoms with Crippen molar-refractivity contribution >= 4 is 29.3 Å². The third kappa shape index (κ3) is 7.03. The highest BCUT2D eigenvalue weighted by Gasteiger charge is 2.17. The van der Waals surface area contributed by atoms with Gasteiger partial charge in [-0.1, -0.05) is 42.1 Å². The van der Waals surface area contributed by atoms with Crippen molar-refractivity contribution < 1.29 is 19.1 Å². The van der Waals surface area contributed by atoms with E-state index in [0.717, 1.165) is 22.4 Å². The van der Waals surface area contributed by atoms with Crippen LogP contribution in [0.1, 0.15) is 29.8 Å². The van der Waals surface area contributed by atoms with Crippen LogP contribution in [0.5, 0.6) is 5.75 Å². The van der Waals surface area contributed by atoms with Crippen LogP contribution >= 0.6 is 11.8 Å². The number of esters is 1. The molecule has 8 heteroatoms. The molecule has 1 heterocycles. The van der Waals surface area contributed by atoms with E-state index in [1.807, 2.05) is 67.6 Å². The number of hydrogen-bond donors (Lipinski definition) is 1. The predicted octanol–water partition coefficient (Wildman–Crippen LogP) is 6.59. The van der Waals surface area contributed by atoms with E-state index >= 15 is 0 Å². The van der Waals surface area contributed by atoms with Gasteiger partial charge in [-0.25, -0.2) is 9.78 Å². The number of aromatic nitrogens is 1. The van der Waals surface area contributed by atoms with Crippen LogP contribution in [0, 0.1) is 11.3 Å². The van der Waals surface area contributed by atoms with Crippen molar-refractivity contribution in [3.63, 3.8) is 0 Å². The summed E-state index contributed by atoms with van der Waals surface area (Å²) in [4.78, 5) is 29.4. The van der Waals surface area contributed by atoms with E-state index in [2.05, 4.69) is 11.4 Å². The summed E-state index contributed by atoms with van der Waals surface area (Å²) in [6.07, 6.45) is 0. The summed E-state index contributed by atoms with van der Waals surface area (Å²) in [6, 6.07) is 27.9. The number of rotatable bonds is 10. The van der Waals surface area contributed by atoms with E-state index in [1.54, 1.807) is 31.2 Å². The highest BCUT2D eigenvalue weighted by Crippen LogP contribution is 2.34. The van der Waals surface area contributed by atoms with Gasteiger partial charge in [0.2, 0.25) is 5.91 Å². The minimum Gasteiger partial charge on any atom is -0.494 e. The third-order valence-electron chi connectivity index (χ3n) is 5.66. The average molecular weight is 538 g/mol. The van der Waals surface area contributed by atoms with Crippen LogP contribution in [0.4, 0.5) is 5.69 Å². The average Bonchev–Trinajstić information content (AvgIpc) is 2.97. The lowest BCUT2D eigenvalue weighted by molar-refractivity contribution is -0.113. The number of amides is 1. The van der Waals surface area contributed by atoms with Crippen LogP contribution in [0.25, 0.3) is 22.4 Å². The maximum absolute atomic E-state index is 12.8. The Morgan fingerprint density at radius 1 is 0.923 bits per heavy atom. The largest absolute Gasteiger partial charge is 0.494 e. The Kier molecular flexibility index (Phi) is 9.33. The fourth-order valence-corrected chi connectivity index (χ4v) is 4.65. The van der Waals surface area contributed by atoms with E-state index in [0.29, 0.717) is 40.7 Å². The van der Waals surface area contributed by atoms with Crippen LogP contribution in [0.2, 0.25) is 0 Å². The first-order valence-electron chi connectivity index (χ1n) is 12.5. The zero-order valence-electron chi connectivity index (χ0n) is 21.6. The van der Waals surface area contributed by atoms with Crippen LogP contribution < -0.4 is 10.1 Å². The molecule has 0 fully saturated rings. The number of nitrogens with zero attached hydrogens (tertiary/aromatic N) is 2. The first kappa shape index (κ1) is 27.4. The van der Waals surface area contributed by atoms with Gasteiger partial charge >= 0.3 is 5.97 Å². The Labute approximate surface area is 231 Å². The molecule has 1 amide bonds. The molecule has 1 N–H and O–H groups in total. The van der Waals surface area contributed by atoms with Crippen LogP contribution in [-0.4, -0.2) is 35.8 Å². The standard InChI is InChI=1S/C31H27N3O4S/c1-3-37-25-16-12-22(13-17-25)28-18-26(21-8-6-5-7-9-21)27(19-32)30(34-28)39-20-29(35)33-24-14-10-23(11-15-24)31(36)38-4-2/h5-18H,3-4,20H2,1-2H3,(H,33,35). The first-order chi connectivity index (χ1) is 19.0. The number of hydrogen-bond acceptors (Lipinski definition) is 7. The van der Waals surface area contributed by atoms with Gasteiger partial charge in [-0.2, -0.15) is 5.26 Å². The molecule has 4 rings (SSSR count). The summed E-state index contributed by atoms with van der Waals surface area (Å²) in [7, 11) is 0. The summed E-state index contributed by atoms with van der Waals surface area (Å²) < 4.78 is 10.5. The topological polar surface area (TPSA) is 101 Å². The van der Waals surface area contributed by atoms with Gasteiger partial charge < -0.3 is 14.8 Å². The molecule has 3 aromatic carbocycles.